The van der Waals surface area contributed by atoms with Crippen molar-refractivity contribution in [2.24, 2.45) is 0 Å². The fourth-order valence-electron chi connectivity index (χ4n) is 5.38. The third-order valence-corrected chi connectivity index (χ3v) is 7.45. The molecule has 2 fully saturated rings. The van der Waals surface area contributed by atoms with Crippen LogP contribution in [-0.2, 0) is 11.3 Å². The number of carbonyl (C=O) groups excluding carboxylic acids is 2. The molecule has 2 aliphatic heterocycles. The lowest BCUT2D eigenvalue weighted by Gasteiger charge is -2.34. The number of amides is 3. The van der Waals surface area contributed by atoms with Gasteiger partial charge < -0.3 is 4.90 Å². The van der Waals surface area contributed by atoms with Crippen LogP contribution in [0.15, 0.2) is 60.9 Å². The van der Waals surface area contributed by atoms with Gasteiger partial charge in [0.15, 0.2) is 0 Å². The van der Waals surface area contributed by atoms with Crippen LogP contribution in [0.1, 0.15) is 28.2 Å². The Bertz CT molecular complexity index is 1380. The minimum atomic E-state index is -1.14. The number of aryl methyl sites for hydroxylation is 1. The van der Waals surface area contributed by atoms with E-state index >= 15 is 0 Å². The summed E-state index contributed by atoms with van der Waals surface area (Å²) in [4.78, 5) is 37.0. The molecule has 9 heteroatoms. The molecule has 2 aliphatic rings. The second-order valence-electron chi connectivity index (χ2n) is 9.36. The maximum absolute atomic E-state index is 14.2. The van der Waals surface area contributed by atoms with Gasteiger partial charge in [0.05, 0.1) is 17.3 Å². The Morgan fingerprint density at radius 1 is 1.08 bits per heavy atom. The molecular weight excluding hydrogens is 497 g/mol. The molecule has 0 bridgehead atoms. The maximum Gasteiger partial charge on any atom is 0.332 e. The summed E-state index contributed by atoms with van der Waals surface area (Å²) in [5, 5.41) is 9.93. The van der Waals surface area contributed by atoms with Crippen LogP contribution in [0.2, 0.25) is 10.0 Å². The summed E-state index contributed by atoms with van der Waals surface area (Å²) in [5.74, 6) is -0.642. The normalized spacial score (nSPS) is 22.0. The van der Waals surface area contributed by atoms with E-state index in [1.54, 1.807) is 48.5 Å². The SMILES string of the molecule is Cc1cncc(CN2CC(c3ccc(C#N)cc3)[C@]3(C2)C(=O)N(c2cc(Cl)cc(Cl)c2)C(=O)N3C)c1. The highest BCUT2D eigenvalue weighted by Crippen LogP contribution is 2.47. The van der Waals surface area contributed by atoms with Gasteiger partial charge in [-0.15, -0.1) is 0 Å². The monoisotopic (exact) mass is 519 g/mol. The highest BCUT2D eigenvalue weighted by Gasteiger charge is 2.64. The molecule has 182 valence electrons. The Hall–Kier alpha value is -3.44. The molecule has 3 aromatic rings. The Labute approximate surface area is 219 Å². The Kier molecular flexibility index (Phi) is 6.21. The van der Waals surface area contributed by atoms with Crippen molar-refractivity contribution in [1.29, 1.82) is 5.26 Å². The molecule has 2 atom stereocenters. The first-order valence-corrected chi connectivity index (χ1v) is 12.2. The van der Waals surface area contributed by atoms with E-state index in [2.05, 4.69) is 22.0 Å². The van der Waals surface area contributed by atoms with Crippen LogP contribution >= 0.6 is 23.2 Å². The van der Waals surface area contributed by atoms with Crippen molar-refractivity contribution in [3.05, 3.63) is 93.2 Å². The van der Waals surface area contributed by atoms with Crippen molar-refractivity contribution in [1.82, 2.24) is 14.8 Å². The van der Waals surface area contributed by atoms with Crippen LogP contribution < -0.4 is 4.90 Å². The summed E-state index contributed by atoms with van der Waals surface area (Å²) in [6, 6.07) is 15.7. The molecule has 0 saturated carbocycles. The summed E-state index contributed by atoms with van der Waals surface area (Å²) in [6.07, 6.45) is 3.62. The van der Waals surface area contributed by atoms with E-state index in [4.69, 9.17) is 23.2 Å². The van der Waals surface area contributed by atoms with E-state index in [-0.39, 0.29) is 11.8 Å². The number of hydrogen-bond donors (Lipinski definition) is 0. The zero-order chi connectivity index (χ0) is 25.6. The number of likely N-dealkylation sites (N-methyl/N-ethyl adjacent to an activating group) is 1. The van der Waals surface area contributed by atoms with Crippen LogP contribution in [0.25, 0.3) is 0 Å². The van der Waals surface area contributed by atoms with Gasteiger partial charge in [-0.3, -0.25) is 14.7 Å². The number of hydrogen-bond acceptors (Lipinski definition) is 5. The van der Waals surface area contributed by atoms with Crippen LogP contribution in [0.4, 0.5) is 10.5 Å². The Balaban J connectivity index is 1.58. The Morgan fingerprint density at radius 3 is 2.42 bits per heavy atom. The summed E-state index contributed by atoms with van der Waals surface area (Å²) in [5.41, 5.74) is 2.70. The van der Waals surface area contributed by atoms with E-state index in [0.29, 0.717) is 40.9 Å². The number of carbonyl (C=O) groups is 2. The highest BCUT2D eigenvalue weighted by atomic mass is 35.5. The smallest absolute Gasteiger partial charge is 0.310 e. The molecule has 0 aliphatic carbocycles. The fraction of sp³-hybridized carbons (Fsp3) is 0.259. The largest absolute Gasteiger partial charge is 0.332 e. The number of imide groups is 1. The van der Waals surface area contributed by atoms with Gasteiger partial charge in [0.1, 0.15) is 5.54 Å². The molecular formula is C27H23Cl2N5O2. The van der Waals surface area contributed by atoms with E-state index in [0.717, 1.165) is 16.7 Å². The molecule has 1 unspecified atom stereocenters. The minimum Gasteiger partial charge on any atom is -0.310 e. The number of urea groups is 1. The van der Waals surface area contributed by atoms with Crippen LogP contribution in [0.5, 0.6) is 0 Å². The quantitative estimate of drug-likeness (QED) is 0.452. The lowest BCUT2D eigenvalue weighted by atomic mass is 9.80. The summed E-state index contributed by atoms with van der Waals surface area (Å²) < 4.78 is 0. The second-order valence-corrected chi connectivity index (χ2v) is 10.2. The molecule has 36 heavy (non-hydrogen) atoms. The first-order chi connectivity index (χ1) is 17.2. The third kappa shape index (κ3) is 4.01. The molecule has 5 rings (SSSR count). The van der Waals surface area contributed by atoms with Crippen molar-refractivity contribution in [2.75, 3.05) is 25.0 Å². The van der Waals surface area contributed by atoms with Crippen molar-refractivity contribution >= 4 is 40.8 Å². The fourth-order valence-corrected chi connectivity index (χ4v) is 5.89. The van der Waals surface area contributed by atoms with Crippen LogP contribution in [0.3, 0.4) is 0 Å². The summed E-state index contributed by atoms with van der Waals surface area (Å²) in [7, 11) is 1.67. The van der Waals surface area contributed by atoms with Crippen molar-refractivity contribution < 1.29 is 9.59 Å². The Morgan fingerprint density at radius 2 is 1.78 bits per heavy atom. The third-order valence-electron chi connectivity index (χ3n) is 7.02. The number of benzene rings is 2. The maximum atomic E-state index is 14.2. The lowest BCUT2D eigenvalue weighted by molar-refractivity contribution is -0.124. The van der Waals surface area contributed by atoms with Crippen molar-refractivity contribution in [3.63, 3.8) is 0 Å². The van der Waals surface area contributed by atoms with Crippen LogP contribution in [-0.4, -0.2) is 52.4 Å². The number of likely N-dealkylation sites (tertiary alicyclic amines) is 1. The topological polar surface area (TPSA) is 80.5 Å². The lowest BCUT2D eigenvalue weighted by Crippen LogP contribution is -2.53. The van der Waals surface area contributed by atoms with E-state index in [1.807, 2.05) is 25.3 Å². The van der Waals surface area contributed by atoms with Gasteiger partial charge in [0.25, 0.3) is 5.91 Å². The van der Waals surface area contributed by atoms with Gasteiger partial charge in [0, 0.05) is 55.0 Å². The molecule has 3 amide bonds. The van der Waals surface area contributed by atoms with Crippen molar-refractivity contribution in [2.45, 2.75) is 24.9 Å². The summed E-state index contributed by atoms with van der Waals surface area (Å²) in [6.45, 7) is 3.47. The molecule has 0 radical (unpaired) electrons. The predicted molar refractivity (Wildman–Crippen MR) is 138 cm³/mol. The second kappa shape index (κ2) is 9.21. The first kappa shape index (κ1) is 24.3. The highest BCUT2D eigenvalue weighted by molar-refractivity contribution is 6.35. The van der Waals surface area contributed by atoms with E-state index in [9.17, 15) is 14.9 Å². The molecule has 2 aromatic carbocycles. The predicted octanol–water partition coefficient (Wildman–Crippen LogP) is 5.01. The summed E-state index contributed by atoms with van der Waals surface area (Å²) >= 11 is 12.4. The van der Waals surface area contributed by atoms with Gasteiger partial charge in [-0.25, -0.2) is 9.69 Å². The zero-order valence-electron chi connectivity index (χ0n) is 19.8. The first-order valence-electron chi connectivity index (χ1n) is 11.4. The van der Waals surface area contributed by atoms with Crippen LogP contribution in [0, 0.1) is 18.3 Å². The van der Waals surface area contributed by atoms with Crippen molar-refractivity contribution in [3.8, 4) is 6.07 Å². The molecule has 2 saturated heterocycles. The standard InChI is InChI=1S/C27H23Cl2N5O2/c1-17-7-19(13-31-12-17)14-33-15-24(20-5-3-18(11-30)4-6-20)27(16-33)25(35)34(26(36)32(27)2)23-9-21(28)8-22(29)10-23/h3-10,12-13,24H,14-16H2,1-2H3/t24?,27-/m1/s1. The number of pyridine rings is 1. The van der Waals surface area contributed by atoms with Gasteiger partial charge in [0.2, 0.25) is 0 Å². The average Bonchev–Trinajstić information content (AvgIpc) is 3.30. The van der Waals surface area contributed by atoms with Gasteiger partial charge in [-0.1, -0.05) is 41.4 Å². The molecule has 1 spiro atoms. The minimum absolute atomic E-state index is 0.316. The number of halogens is 2. The number of nitriles is 1. The average molecular weight is 520 g/mol. The number of aromatic nitrogens is 1. The number of anilines is 1. The molecule has 7 nitrogen and oxygen atoms in total. The van der Waals surface area contributed by atoms with Gasteiger partial charge in [-0.05, 0) is 53.9 Å². The zero-order valence-corrected chi connectivity index (χ0v) is 21.3. The number of rotatable bonds is 4. The number of nitrogens with zero attached hydrogens (tertiary/aromatic N) is 5. The van der Waals surface area contributed by atoms with Gasteiger partial charge >= 0.3 is 6.03 Å². The molecule has 3 heterocycles. The van der Waals surface area contributed by atoms with E-state index in [1.165, 1.54) is 4.90 Å². The molecule has 1 aromatic heterocycles. The molecule has 0 N–H and O–H groups in total. The van der Waals surface area contributed by atoms with Gasteiger partial charge in [-0.2, -0.15) is 5.26 Å². The van der Waals surface area contributed by atoms with E-state index < -0.39 is 11.6 Å².